The summed E-state index contributed by atoms with van der Waals surface area (Å²) < 4.78 is 0. The van der Waals surface area contributed by atoms with Crippen molar-refractivity contribution in [3.05, 3.63) is 12.2 Å². The molecule has 0 spiro atoms. The van der Waals surface area contributed by atoms with Crippen LogP contribution in [0.5, 0.6) is 0 Å². The summed E-state index contributed by atoms with van der Waals surface area (Å²) in [6.45, 7) is 10.2. The first-order valence-corrected chi connectivity index (χ1v) is 8.81. The van der Waals surface area contributed by atoms with Crippen LogP contribution in [0.15, 0.2) is 12.2 Å². The number of carbonyl (C=O) groups excluding carboxylic acids is 1. The van der Waals surface area contributed by atoms with Crippen molar-refractivity contribution in [2.75, 3.05) is 0 Å². The van der Waals surface area contributed by atoms with Crippen LogP contribution in [-0.4, -0.2) is 5.78 Å². The summed E-state index contributed by atoms with van der Waals surface area (Å²) in [5.74, 6) is 0.575. The molecule has 0 aliphatic rings. The van der Waals surface area contributed by atoms with Crippen LogP contribution in [0.2, 0.25) is 0 Å². The molecular formula is C19H36O. The van der Waals surface area contributed by atoms with Gasteiger partial charge >= 0.3 is 0 Å². The Balaban J connectivity index is 3.25. The van der Waals surface area contributed by atoms with E-state index in [4.69, 9.17) is 0 Å². The molecule has 0 saturated carbocycles. The zero-order valence-electron chi connectivity index (χ0n) is 14.2. The van der Waals surface area contributed by atoms with Gasteiger partial charge in [-0.2, -0.15) is 0 Å². The Bertz CT molecular complexity index is 252. The summed E-state index contributed by atoms with van der Waals surface area (Å²) in [7, 11) is 0. The minimum absolute atomic E-state index is 0.274. The number of carbonyl (C=O) groups is 1. The molecule has 0 aromatic heterocycles. The Hall–Kier alpha value is -0.590. The van der Waals surface area contributed by atoms with Gasteiger partial charge in [0.1, 0.15) is 0 Å². The lowest BCUT2D eigenvalue weighted by Crippen LogP contribution is -2.06. The van der Waals surface area contributed by atoms with Crippen LogP contribution in [0.3, 0.4) is 0 Å². The third kappa shape index (κ3) is 11.3. The number of rotatable bonds is 14. The normalized spacial score (nSPS) is 11.0. The van der Waals surface area contributed by atoms with Crippen molar-refractivity contribution in [1.82, 2.24) is 0 Å². The highest BCUT2D eigenvalue weighted by molar-refractivity contribution is 5.94. The number of hydrogen-bond acceptors (Lipinski definition) is 1. The third-order valence-electron chi connectivity index (χ3n) is 4.06. The van der Waals surface area contributed by atoms with E-state index in [1.807, 2.05) is 13.8 Å². The second kappa shape index (κ2) is 13.4. The van der Waals surface area contributed by atoms with E-state index in [2.05, 4.69) is 13.5 Å². The fourth-order valence-corrected chi connectivity index (χ4v) is 2.43. The Kier molecular flexibility index (Phi) is 13.0. The highest BCUT2D eigenvalue weighted by atomic mass is 16.1. The second-order valence-electron chi connectivity index (χ2n) is 6.39. The van der Waals surface area contributed by atoms with E-state index in [0.717, 1.165) is 12.0 Å². The molecule has 0 heterocycles. The number of hydrogen-bond donors (Lipinski definition) is 0. The van der Waals surface area contributed by atoms with E-state index in [1.54, 1.807) is 0 Å². The molecule has 0 aliphatic carbocycles. The first kappa shape index (κ1) is 19.4. The average Bonchev–Trinajstić information content (AvgIpc) is 2.43. The number of allylic oxidation sites excluding steroid dienone is 1. The van der Waals surface area contributed by atoms with E-state index >= 15 is 0 Å². The van der Waals surface area contributed by atoms with E-state index in [9.17, 15) is 4.79 Å². The first-order chi connectivity index (χ1) is 9.59. The van der Waals surface area contributed by atoms with Gasteiger partial charge in [0.15, 0.2) is 5.78 Å². The molecule has 0 saturated heterocycles. The highest BCUT2D eigenvalue weighted by Gasteiger charge is 2.09. The smallest absolute Gasteiger partial charge is 0.158 e. The van der Waals surface area contributed by atoms with Crippen LogP contribution in [-0.2, 0) is 4.79 Å². The molecule has 1 nitrogen and oxygen atoms in total. The Labute approximate surface area is 127 Å². The minimum atomic E-state index is 0.274. The van der Waals surface area contributed by atoms with E-state index < -0.39 is 0 Å². The van der Waals surface area contributed by atoms with Crippen molar-refractivity contribution >= 4 is 5.78 Å². The van der Waals surface area contributed by atoms with Gasteiger partial charge < -0.3 is 0 Å². The van der Waals surface area contributed by atoms with E-state index in [1.165, 1.54) is 64.2 Å². The maximum Gasteiger partial charge on any atom is 0.158 e. The lowest BCUT2D eigenvalue weighted by atomic mass is 9.97. The number of unbranched alkanes of at least 4 members (excludes halogenated alkanes) is 10. The van der Waals surface area contributed by atoms with Gasteiger partial charge in [-0.25, -0.2) is 0 Å². The molecular weight excluding hydrogens is 244 g/mol. The predicted molar refractivity (Wildman–Crippen MR) is 90.1 cm³/mol. The maximum atomic E-state index is 11.7. The van der Waals surface area contributed by atoms with Crippen LogP contribution in [0.1, 0.15) is 97.8 Å². The van der Waals surface area contributed by atoms with E-state index in [-0.39, 0.29) is 5.78 Å². The molecule has 0 aliphatic heterocycles. The molecule has 0 fully saturated rings. The van der Waals surface area contributed by atoms with Gasteiger partial charge in [-0.1, -0.05) is 91.6 Å². The van der Waals surface area contributed by atoms with Gasteiger partial charge in [0.2, 0.25) is 0 Å². The van der Waals surface area contributed by atoms with Gasteiger partial charge in [0.25, 0.3) is 0 Å². The summed E-state index contributed by atoms with van der Waals surface area (Å²) in [5, 5.41) is 0. The SMILES string of the molecule is C=C(C(=O)CCCCCCCCCCCCC)C(C)C. The lowest BCUT2D eigenvalue weighted by Gasteiger charge is -2.07. The van der Waals surface area contributed by atoms with Crippen LogP contribution >= 0.6 is 0 Å². The fourth-order valence-electron chi connectivity index (χ4n) is 2.43. The molecule has 118 valence electrons. The molecule has 0 aromatic rings. The largest absolute Gasteiger partial charge is 0.295 e. The molecule has 0 radical (unpaired) electrons. The van der Waals surface area contributed by atoms with Crippen LogP contribution in [0.25, 0.3) is 0 Å². The monoisotopic (exact) mass is 280 g/mol. The zero-order valence-corrected chi connectivity index (χ0v) is 14.2. The van der Waals surface area contributed by atoms with Gasteiger partial charge in [-0.05, 0) is 17.9 Å². The summed E-state index contributed by atoms with van der Waals surface area (Å²) in [4.78, 5) is 11.7. The molecule has 0 aromatic carbocycles. The van der Waals surface area contributed by atoms with Crippen LogP contribution in [0.4, 0.5) is 0 Å². The summed E-state index contributed by atoms with van der Waals surface area (Å²) in [6, 6.07) is 0. The summed E-state index contributed by atoms with van der Waals surface area (Å²) in [5.41, 5.74) is 0.803. The second-order valence-corrected chi connectivity index (χ2v) is 6.39. The molecule has 0 atom stereocenters. The standard InChI is InChI=1S/C19H36O/c1-5-6-7-8-9-10-11-12-13-14-15-16-19(20)18(4)17(2)3/h17H,4-16H2,1-3H3. The number of Topliss-reactive ketones (excluding diaryl/α,β-unsaturated/α-hetero) is 1. The van der Waals surface area contributed by atoms with Gasteiger partial charge in [-0.15, -0.1) is 0 Å². The van der Waals surface area contributed by atoms with Crippen LogP contribution < -0.4 is 0 Å². The van der Waals surface area contributed by atoms with Gasteiger partial charge in [0, 0.05) is 6.42 Å². The van der Waals surface area contributed by atoms with Gasteiger partial charge in [0.05, 0.1) is 0 Å². The Morgan fingerprint density at radius 3 is 1.60 bits per heavy atom. The topological polar surface area (TPSA) is 17.1 Å². The van der Waals surface area contributed by atoms with E-state index in [0.29, 0.717) is 12.3 Å². The van der Waals surface area contributed by atoms with Crippen molar-refractivity contribution < 1.29 is 4.79 Å². The summed E-state index contributed by atoms with van der Waals surface area (Å²) in [6.07, 6.45) is 15.3. The summed E-state index contributed by atoms with van der Waals surface area (Å²) >= 11 is 0. The quantitative estimate of drug-likeness (QED) is 0.263. The molecule has 1 heteroatoms. The minimum Gasteiger partial charge on any atom is -0.295 e. The van der Waals surface area contributed by atoms with Gasteiger partial charge in [-0.3, -0.25) is 4.79 Å². The van der Waals surface area contributed by atoms with Crippen molar-refractivity contribution in [2.24, 2.45) is 5.92 Å². The predicted octanol–water partition coefficient (Wildman–Crippen LogP) is 6.47. The maximum absolute atomic E-state index is 11.7. The lowest BCUT2D eigenvalue weighted by molar-refractivity contribution is -0.116. The molecule has 0 rings (SSSR count). The van der Waals surface area contributed by atoms with Crippen molar-refractivity contribution in [1.29, 1.82) is 0 Å². The fraction of sp³-hybridized carbons (Fsp3) is 0.842. The van der Waals surface area contributed by atoms with Crippen molar-refractivity contribution in [3.8, 4) is 0 Å². The third-order valence-corrected chi connectivity index (χ3v) is 4.06. The van der Waals surface area contributed by atoms with Crippen molar-refractivity contribution in [2.45, 2.75) is 97.8 Å². The average molecular weight is 280 g/mol. The van der Waals surface area contributed by atoms with Crippen molar-refractivity contribution in [3.63, 3.8) is 0 Å². The molecule has 0 unspecified atom stereocenters. The zero-order chi connectivity index (χ0) is 15.2. The number of ketones is 1. The Morgan fingerprint density at radius 2 is 1.20 bits per heavy atom. The Morgan fingerprint density at radius 1 is 0.800 bits per heavy atom. The molecule has 20 heavy (non-hydrogen) atoms. The van der Waals surface area contributed by atoms with Crippen LogP contribution in [0, 0.1) is 5.92 Å². The molecule has 0 bridgehead atoms. The molecule has 0 N–H and O–H groups in total. The first-order valence-electron chi connectivity index (χ1n) is 8.81. The molecule has 0 amide bonds. The highest BCUT2D eigenvalue weighted by Crippen LogP contribution is 2.15.